The maximum atomic E-state index is 14.2. The summed E-state index contributed by atoms with van der Waals surface area (Å²) < 4.78 is 12.6. The molecule has 0 saturated heterocycles. The normalized spacial score (nSPS) is 23.1. The van der Waals surface area contributed by atoms with Gasteiger partial charge in [-0.25, -0.2) is 9.59 Å². The monoisotopic (exact) mass is 617 g/mol. The Kier molecular flexibility index (Phi) is 14.0. The lowest BCUT2D eigenvalue weighted by Gasteiger charge is -2.36. The molecule has 2 aliphatic rings. The third-order valence-corrected chi connectivity index (χ3v) is 8.46. The van der Waals surface area contributed by atoms with Crippen molar-refractivity contribution in [3.8, 4) is 5.75 Å². The molecule has 11 nitrogen and oxygen atoms in total. The third-order valence-electron chi connectivity index (χ3n) is 8.46. The summed E-state index contributed by atoms with van der Waals surface area (Å²) in [5, 5.41) is 18.9. The summed E-state index contributed by atoms with van der Waals surface area (Å²) in [5.74, 6) is -0.0287. The number of carbonyl (C=O) groups is 3. The van der Waals surface area contributed by atoms with E-state index in [1.54, 1.807) is 42.0 Å². The molecule has 4 N–H and O–H groups in total. The highest BCUT2D eigenvalue weighted by molar-refractivity contribution is 5.99. The number of likely N-dealkylation sites (N-methyl/N-ethyl adjacent to an activating group) is 1. The Balaban J connectivity index is 1.86. The minimum absolute atomic E-state index is 0.0481. The summed E-state index contributed by atoms with van der Waals surface area (Å²) in [4.78, 5) is 43.0. The molecule has 0 unspecified atom stereocenters. The molecule has 1 aliphatic carbocycles. The Morgan fingerprint density at radius 1 is 1.07 bits per heavy atom. The molecule has 1 saturated carbocycles. The lowest BCUT2D eigenvalue weighted by atomic mass is 9.96. The van der Waals surface area contributed by atoms with Gasteiger partial charge in [0.25, 0.3) is 5.91 Å². The molecular formula is C33H55N5O6. The number of hydrogen-bond donors (Lipinski definition) is 4. The highest BCUT2D eigenvalue weighted by Gasteiger charge is 2.31. The fourth-order valence-corrected chi connectivity index (χ4v) is 5.78. The van der Waals surface area contributed by atoms with Gasteiger partial charge in [0.1, 0.15) is 5.75 Å². The van der Waals surface area contributed by atoms with Crippen LogP contribution in [0.2, 0.25) is 0 Å². The lowest BCUT2D eigenvalue weighted by molar-refractivity contribution is -0.0123. The number of nitrogens with zero attached hydrogens (tertiary/aromatic N) is 2. The Hall–Kier alpha value is -3.05. The first-order valence-electron chi connectivity index (χ1n) is 16.4. The number of hydrogen-bond acceptors (Lipinski definition) is 6. The van der Waals surface area contributed by atoms with E-state index in [9.17, 15) is 19.5 Å². The van der Waals surface area contributed by atoms with Gasteiger partial charge in [-0.2, -0.15) is 0 Å². The van der Waals surface area contributed by atoms with Crippen LogP contribution < -0.4 is 20.7 Å². The number of ether oxygens (including phenoxy) is 2. The van der Waals surface area contributed by atoms with E-state index < -0.39 is 6.04 Å². The quantitative estimate of drug-likeness (QED) is 0.341. The Morgan fingerprint density at radius 2 is 1.77 bits per heavy atom. The van der Waals surface area contributed by atoms with Crippen LogP contribution in [0.5, 0.6) is 5.75 Å². The van der Waals surface area contributed by atoms with Gasteiger partial charge in [-0.3, -0.25) is 4.79 Å². The molecular weight excluding hydrogens is 562 g/mol. The number of aliphatic hydroxyl groups excluding tert-OH is 1. The van der Waals surface area contributed by atoms with Crippen LogP contribution in [0.15, 0.2) is 18.2 Å². The lowest BCUT2D eigenvalue weighted by Crippen LogP contribution is -2.50. The van der Waals surface area contributed by atoms with Crippen LogP contribution >= 0.6 is 0 Å². The minimum atomic E-state index is -0.489. The van der Waals surface area contributed by atoms with Crippen molar-refractivity contribution in [3.05, 3.63) is 23.8 Å². The van der Waals surface area contributed by atoms with Gasteiger partial charge in [-0.1, -0.05) is 26.2 Å². The zero-order valence-corrected chi connectivity index (χ0v) is 27.6. The van der Waals surface area contributed by atoms with E-state index in [0.29, 0.717) is 36.7 Å². The summed E-state index contributed by atoms with van der Waals surface area (Å²) in [6, 6.07) is 4.28. The summed E-state index contributed by atoms with van der Waals surface area (Å²) in [5.41, 5.74) is 0.772. The second-order valence-corrected chi connectivity index (χ2v) is 12.9. The second-order valence-electron chi connectivity index (χ2n) is 12.9. The van der Waals surface area contributed by atoms with Crippen molar-refractivity contribution >= 4 is 23.7 Å². The van der Waals surface area contributed by atoms with Gasteiger partial charge in [-0.15, -0.1) is 0 Å². The molecule has 0 aromatic heterocycles. The first kappa shape index (κ1) is 35.4. The van der Waals surface area contributed by atoms with Crippen LogP contribution in [-0.2, 0) is 4.74 Å². The zero-order chi connectivity index (χ0) is 32.2. The van der Waals surface area contributed by atoms with Crippen LogP contribution in [0, 0.1) is 5.92 Å². The van der Waals surface area contributed by atoms with Crippen LogP contribution in [0.25, 0.3) is 0 Å². The van der Waals surface area contributed by atoms with Gasteiger partial charge in [-0.05, 0) is 78.0 Å². The standard InChI is InChI=1S/C33H55N5O6/c1-22(2)34-32(41)35-27-15-16-29-28(18-27)31(40)38(24(4)21-39)19-23(3)30(43-17-11-10-12-25(5)44-29)20-37(6)33(42)36-26-13-8-7-9-14-26/h15-16,18,22-26,30,39H,7-14,17,19-21H2,1-6H3,(H,36,42)(H2,34,35,41)/t23-,24+,25+,30+/m0/s1. The average molecular weight is 618 g/mol. The topological polar surface area (TPSA) is 132 Å². The van der Waals surface area contributed by atoms with Crippen molar-refractivity contribution in [2.24, 2.45) is 5.92 Å². The second kappa shape index (κ2) is 17.4. The molecule has 1 heterocycles. The van der Waals surface area contributed by atoms with Crippen LogP contribution in [0.1, 0.15) is 96.3 Å². The van der Waals surface area contributed by atoms with Gasteiger partial charge < -0.3 is 40.3 Å². The molecule has 3 rings (SSSR count). The largest absolute Gasteiger partial charge is 0.490 e. The van der Waals surface area contributed by atoms with Gasteiger partial charge in [0.2, 0.25) is 0 Å². The average Bonchev–Trinajstić information content (AvgIpc) is 2.98. The molecule has 0 spiro atoms. The van der Waals surface area contributed by atoms with E-state index in [4.69, 9.17) is 9.47 Å². The van der Waals surface area contributed by atoms with Gasteiger partial charge >= 0.3 is 12.1 Å². The number of amides is 5. The molecule has 5 amide bonds. The molecule has 4 atom stereocenters. The van der Waals surface area contributed by atoms with E-state index in [0.717, 1.165) is 44.9 Å². The predicted molar refractivity (Wildman–Crippen MR) is 172 cm³/mol. The molecule has 0 bridgehead atoms. The fourth-order valence-electron chi connectivity index (χ4n) is 5.78. The predicted octanol–water partition coefficient (Wildman–Crippen LogP) is 4.99. The first-order chi connectivity index (χ1) is 21.0. The van der Waals surface area contributed by atoms with Crippen molar-refractivity contribution in [2.75, 3.05) is 38.7 Å². The van der Waals surface area contributed by atoms with E-state index in [2.05, 4.69) is 16.0 Å². The van der Waals surface area contributed by atoms with Crippen LogP contribution in [0.4, 0.5) is 15.3 Å². The number of fused-ring (bicyclic) bond motifs is 1. The zero-order valence-electron chi connectivity index (χ0n) is 27.6. The number of benzene rings is 1. The molecule has 1 aromatic carbocycles. The highest BCUT2D eigenvalue weighted by atomic mass is 16.5. The summed E-state index contributed by atoms with van der Waals surface area (Å²) in [6.45, 7) is 10.5. The van der Waals surface area contributed by atoms with Crippen LogP contribution in [0.3, 0.4) is 0 Å². The summed E-state index contributed by atoms with van der Waals surface area (Å²) in [7, 11) is 1.79. The summed E-state index contributed by atoms with van der Waals surface area (Å²) >= 11 is 0. The molecule has 1 fully saturated rings. The highest BCUT2D eigenvalue weighted by Crippen LogP contribution is 2.28. The number of carbonyl (C=O) groups excluding carboxylic acids is 3. The Bertz CT molecular complexity index is 1080. The third kappa shape index (κ3) is 10.8. The fraction of sp³-hybridized carbons (Fsp3) is 0.727. The van der Waals surface area contributed by atoms with Crippen molar-refractivity contribution in [3.63, 3.8) is 0 Å². The maximum Gasteiger partial charge on any atom is 0.319 e. The van der Waals surface area contributed by atoms with Crippen molar-refractivity contribution < 1.29 is 29.0 Å². The first-order valence-corrected chi connectivity index (χ1v) is 16.4. The van der Waals surface area contributed by atoms with E-state index in [1.807, 2.05) is 27.7 Å². The van der Waals surface area contributed by atoms with Gasteiger partial charge in [0, 0.05) is 50.4 Å². The smallest absolute Gasteiger partial charge is 0.319 e. The maximum absolute atomic E-state index is 14.2. The molecule has 44 heavy (non-hydrogen) atoms. The number of urea groups is 2. The molecule has 1 aliphatic heterocycles. The Morgan fingerprint density at radius 3 is 2.45 bits per heavy atom. The van der Waals surface area contributed by atoms with Crippen molar-refractivity contribution in [1.82, 2.24) is 20.4 Å². The van der Waals surface area contributed by atoms with E-state index >= 15 is 0 Å². The van der Waals surface area contributed by atoms with Gasteiger partial charge in [0.05, 0.1) is 30.4 Å². The van der Waals surface area contributed by atoms with Crippen LogP contribution in [-0.4, -0.2) is 96.6 Å². The SMILES string of the molecule is CC(C)NC(=O)Nc1ccc2c(c1)C(=O)N([C@H](C)CO)C[C@H](C)[C@@H](CN(C)C(=O)NC1CCCCC1)OCCCC[C@@H](C)O2. The number of rotatable bonds is 7. The molecule has 248 valence electrons. The molecule has 11 heteroatoms. The van der Waals surface area contributed by atoms with E-state index in [-0.39, 0.29) is 54.8 Å². The molecule has 0 radical (unpaired) electrons. The van der Waals surface area contributed by atoms with Crippen molar-refractivity contribution in [2.45, 2.75) is 116 Å². The number of nitrogens with one attached hydrogen (secondary N) is 3. The van der Waals surface area contributed by atoms with Crippen molar-refractivity contribution in [1.29, 1.82) is 0 Å². The van der Waals surface area contributed by atoms with Gasteiger partial charge in [0.15, 0.2) is 0 Å². The van der Waals surface area contributed by atoms with E-state index in [1.165, 1.54) is 6.42 Å². The minimum Gasteiger partial charge on any atom is -0.490 e. The summed E-state index contributed by atoms with van der Waals surface area (Å²) in [6.07, 6.45) is 7.54. The molecule has 1 aromatic rings. The number of aliphatic hydroxyl groups is 1. The number of anilines is 1. The Labute approximate surface area is 263 Å².